The van der Waals surface area contributed by atoms with E-state index >= 15 is 0 Å². The molecule has 3 aromatic rings. The van der Waals surface area contributed by atoms with Crippen molar-refractivity contribution < 1.29 is 4.39 Å². The van der Waals surface area contributed by atoms with Gasteiger partial charge >= 0.3 is 0 Å². The van der Waals surface area contributed by atoms with E-state index in [0.717, 1.165) is 16.9 Å². The third-order valence-corrected chi connectivity index (χ3v) is 3.42. The van der Waals surface area contributed by atoms with Crippen LogP contribution in [-0.4, -0.2) is 20.4 Å². The highest BCUT2D eigenvalue weighted by atomic mass is 35.5. The Balaban J connectivity index is 2.35. The first-order chi connectivity index (χ1) is 9.72. The summed E-state index contributed by atoms with van der Waals surface area (Å²) in [4.78, 5) is 8.92. The Labute approximate surface area is 121 Å². The van der Waals surface area contributed by atoms with Crippen LogP contribution < -0.4 is 0 Å². The van der Waals surface area contributed by atoms with E-state index in [2.05, 4.69) is 9.97 Å². The summed E-state index contributed by atoms with van der Waals surface area (Å²) in [5.41, 5.74) is 2.92. The number of benzene rings is 1. The minimum absolute atomic E-state index is 0.300. The van der Waals surface area contributed by atoms with Crippen LogP contribution in [0, 0.1) is 12.7 Å². The Morgan fingerprint density at radius 1 is 1.25 bits per heavy atom. The molecule has 0 saturated heterocycles. The first-order valence-corrected chi connectivity index (χ1v) is 6.89. The van der Waals surface area contributed by atoms with Crippen LogP contribution >= 0.6 is 11.6 Å². The van der Waals surface area contributed by atoms with Crippen molar-refractivity contribution in [3.05, 3.63) is 53.7 Å². The molecular formula is C15H13ClFN3. The fraction of sp³-hybridized carbons (Fsp3) is 0.200. The zero-order valence-electron chi connectivity index (χ0n) is 11.0. The maximum Gasteiger partial charge on any atom is 0.165 e. The highest BCUT2D eigenvalue weighted by Crippen LogP contribution is 2.24. The van der Waals surface area contributed by atoms with Gasteiger partial charge in [-0.2, -0.15) is 0 Å². The topological polar surface area (TPSA) is 30.7 Å². The molecule has 0 aliphatic rings. The molecule has 5 heteroatoms. The van der Waals surface area contributed by atoms with Gasteiger partial charge in [-0.05, 0) is 30.7 Å². The minimum Gasteiger partial charge on any atom is -0.278 e. The number of fused-ring (bicyclic) bond motifs is 1. The average molecular weight is 290 g/mol. The summed E-state index contributed by atoms with van der Waals surface area (Å²) in [6.07, 6.45) is 2.27. The van der Waals surface area contributed by atoms with Crippen molar-refractivity contribution in [1.82, 2.24) is 14.5 Å². The predicted molar refractivity (Wildman–Crippen MR) is 78.0 cm³/mol. The molecule has 1 aromatic carbocycles. The van der Waals surface area contributed by atoms with Gasteiger partial charge in [0.15, 0.2) is 5.65 Å². The number of pyridine rings is 1. The number of halogens is 2. The van der Waals surface area contributed by atoms with Crippen molar-refractivity contribution in [2.75, 3.05) is 5.88 Å². The van der Waals surface area contributed by atoms with E-state index in [0.29, 0.717) is 23.6 Å². The second-order valence-electron chi connectivity index (χ2n) is 4.55. The number of para-hydroxylation sites is 1. The van der Waals surface area contributed by atoms with E-state index in [1.54, 1.807) is 29.0 Å². The number of nitrogens with zero attached hydrogens (tertiary/aromatic N) is 3. The van der Waals surface area contributed by atoms with Crippen molar-refractivity contribution >= 4 is 22.8 Å². The van der Waals surface area contributed by atoms with Crippen LogP contribution in [0.15, 0.2) is 36.5 Å². The first kappa shape index (κ1) is 13.1. The largest absolute Gasteiger partial charge is 0.278 e. The van der Waals surface area contributed by atoms with Crippen LogP contribution in [0.5, 0.6) is 0 Å². The van der Waals surface area contributed by atoms with Crippen molar-refractivity contribution in [3.8, 4) is 5.69 Å². The molecule has 0 radical (unpaired) electrons. The van der Waals surface area contributed by atoms with Crippen molar-refractivity contribution in [3.63, 3.8) is 0 Å². The number of hydrogen-bond donors (Lipinski definition) is 0. The van der Waals surface area contributed by atoms with Gasteiger partial charge in [0.05, 0.1) is 5.69 Å². The Morgan fingerprint density at radius 3 is 2.80 bits per heavy atom. The standard InChI is InChI=1S/C15H13ClFN3/c1-10-7-9-18-15-14(10)19-13(6-8-16)20(15)12-5-3-2-4-11(12)17/h2-5,7,9H,6,8H2,1H3. The number of aryl methyl sites for hydroxylation is 2. The lowest BCUT2D eigenvalue weighted by atomic mass is 10.2. The molecule has 0 aliphatic carbocycles. The van der Waals surface area contributed by atoms with E-state index < -0.39 is 0 Å². The van der Waals surface area contributed by atoms with Gasteiger partial charge in [0.1, 0.15) is 17.2 Å². The van der Waals surface area contributed by atoms with Gasteiger partial charge in [-0.15, -0.1) is 11.6 Å². The summed E-state index contributed by atoms with van der Waals surface area (Å²) in [6, 6.07) is 8.51. The number of rotatable bonds is 3. The van der Waals surface area contributed by atoms with Crippen molar-refractivity contribution in [1.29, 1.82) is 0 Å². The zero-order chi connectivity index (χ0) is 14.1. The zero-order valence-corrected chi connectivity index (χ0v) is 11.7. The normalized spacial score (nSPS) is 11.2. The first-order valence-electron chi connectivity index (χ1n) is 6.36. The van der Waals surface area contributed by atoms with Gasteiger partial charge < -0.3 is 0 Å². The lowest BCUT2D eigenvalue weighted by Gasteiger charge is -2.08. The van der Waals surface area contributed by atoms with Crippen LogP contribution in [0.25, 0.3) is 16.9 Å². The number of imidazole rings is 1. The van der Waals surface area contributed by atoms with Gasteiger partial charge in [0.25, 0.3) is 0 Å². The minimum atomic E-state index is -0.300. The highest BCUT2D eigenvalue weighted by Gasteiger charge is 2.16. The van der Waals surface area contributed by atoms with Crippen LogP contribution in [0.3, 0.4) is 0 Å². The molecule has 102 valence electrons. The van der Waals surface area contributed by atoms with E-state index in [9.17, 15) is 4.39 Å². The van der Waals surface area contributed by atoms with Crippen molar-refractivity contribution in [2.45, 2.75) is 13.3 Å². The molecule has 0 fully saturated rings. The molecule has 2 aromatic heterocycles. The van der Waals surface area contributed by atoms with Gasteiger partial charge in [-0.3, -0.25) is 4.57 Å². The van der Waals surface area contributed by atoms with Crippen LogP contribution in [0.4, 0.5) is 4.39 Å². The second-order valence-corrected chi connectivity index (χ2v) is 4.93. The Kier molecular flexibility index (Phi) is 3.40. The van der Waals surface area contributed by atoms with E-state index in [1.807, 2.05) is 13.0 Å². The van der Waals surface area contributed by atoms with E-state index in [4.69, 9.17) is 11.6 Å². The van der Waals surface area contributed by atoms with Gasteiger partial charge in [-0.25, -0.2) is 14.4 Å². The average Bonchev–Trinajstić information content (AvgIpc) is 2.80. The molecule has 0 aliphatic heterocycles. The summed E-state index contributed by atoms with van der Waals surface area (Å²) < 4.78 is 15.8. The molecule has 3 nitrogen and oxygen atoms in total. The molecule has 2 heterocycles. The quantitative estimate of drug-likeness (QED) is 0.689. The molecule has 0 unspecified atom stereocenters. The van der Waals surface area contributed by atoms with Gasteiger partial charge in [0.2, 0.25) is 0 Å². The van der Waals surface area contributed by atoms with Crippen LogP contribution in [0.1, 0.15) is 11.4 Å². The third-order valence-electron chi connectivity index (χ3n) is 3.23. The molecule has 0 N–H and O–H groups in total. The Bertz CT molecular complexity index is 767. The fourth-order valence-corrected chi connectivity index (χ4v) is 2.45. The predicted octanol–water partition coefficient (Wildman–Crippen LogP) is 3.65. The van der Waals surface area contributed by atoms with Gasteiger partial charge in [-0.1, -0.05) is 12.1 Å². The van der Waals surface area contributed by atoms with E-state index in [1.165, 1.54) is 6.07 Å². The van der Waals surface area contributed by atoms with Crippen LogP contribution in [-0.2, 0) is 6.42 Å². The molecule has 3 rings (SSSR count). The second kappa shape index (κ2) is 5.21. The third kappa shape index (κ3) is 2.06. The maximum atomic E-state index is 14.1. The monoisotopic (exact) mass is 289 g/mol. The SMILES string of the molecule is Cc1ccnc2c1nc(CCCl)n2-c1ccccc1F. The summed E-state index contributed by atoms with van der Waals surface area (Å²) in [5, 5.41) is 0. The number of alkyl halides is 1. The molecular weight excluding hydrogens is 277 g/mol. The fourth-order valence-electron chi connectivity index (χ4n) is 2.28. The summed E-state index contributed by atoms with van der Waals surface area (Å²) in [7, 11) is 0. The lowest BCUT2D eigenvalue weighted by molar-refractivity contribution is 0.616. The summed E-state index contributed by atoms with van der Waals surface area (Å²) in [5.74, 6) is 0.851. The lowest BCUT2D eigenvalue weighted by Crippen LogP contribution is -2.05. The number of hydrogen-bond acceptors (Lipinski definition) is 2. The summed E-state index contributed by atoms with van der Waals surface area (Å²) >= 11 is 5.84. The maximum absolute atomic E-state index is 14.1. The highest BCUT2D eigenvalue weighted by molar-refractivity contribution is 6.17. The molecule has 0 bridgehead atoms. The molecule has 0 atom stereocenters. The molecule has 0 amide bonds. The molecule has 0 saturated carbocycles. The summed E-state index contributed by atoms with van der Waals surface area (Å²) in [6.45, 7) is 1.97. The molecule has 20 heavy (non-hydrogen) atoms. The Hall–Kier alpha value is -1.94. The van der Waals surface area contributed by atoms with Crippen molar-refractivity contribution in [2.24, 2.45) is 0 Å². The molecule has 0 spiro atoms. The Morgan fingerprint density at radius 2 is 2.05 bits per heavy atom. The van der Waals surface area contributed by atoms with E-state index in [-0.39, 0.29) is 5.82 Å². The number of aromatic nitrogens is 3. The smallest absolute Gasteiger partial charge is 0.165 e. The van der Waals surface area contributed by atoms with Gasteiger partial charge in [0, 0.05) is 18.5 Å². The van der Waals surface area contributed by atoms with Crippen LogP contribution in [0.2, 0.25) is 0 Å².